The number of nitrogens with zero attached hydrogens (tertiary/aromatic N) is 1. The molecule has 0 radical (unpaired) electrons. The molecule has 0 spiro atoms. The minimum absolute atomic E-state index is 0.227. The quantitative estimate of drug-likeness (QED) is 0.541. The Bertz CT molecular complexity index is 997. The number of carbonyl (C=O) groups excluding carboxylic acids is 2. The second-order valence-electron chi connectivity index (χ2n) is 6.91. The first-order valence-electron chi connectivity index (χ1n) is 9.70. The van der Waals surface area contributed by atoms with Crippen LogP contribution >= 0.6 is 11.3 Å². The maximum atomic E-state index is 12.8. The van der Waals surface area contributed by atoms with Crippen molar-refractivity contribution < 1.29 is 9.59 Å². The minimum Gasteiger partial charge on any atom is -0.373 e. The summed E-state index contributed by atoms with van der Waals surface area (Å²) in [5, 5.41) is 7.60. The number of aryl methyl sites for hydroxylation is 1. The van der Waals surface area contributed by atoms with E-state index in [0.717, 1.165) is 16.1 Å². The molecule has 154 valence electrons. The van der Waals surface area contributed by atoms with Gasteiger partial charge in [0.15, 0.2) is 0 Å². The molecular weight excluding hydrogens is 394 g/mol. The van der Waals surface area contributed by atoms with Gasteiger partial charge in [-0.3, -0.25) is 9.59 Å². The van der Waals surface area contributed by atoms with Crippen LogP contribution in [0.25, 0.3) is 6.08 Å². The highest BCUT2D eigenvalue weighted by molar-refractivity contribution is 7.10. The summed E-state index contributed by atoms with van der Waals surface area (Å²) in [6.45, 7) is 3.06. The number of rotatable bonds is 8. The van der Waals surface area contributed by atoms with E-state index in [2.05, 4.69) is 15.5 Å². The summed E-state index contributed by atoms with van der Waals surface area (Å²) in [6, 6.07) is 21.0. The fourth-order valence-electron chi connectivity index (χ4n) is 2.82. The summed E-state index contributed by atoms with van der Waals surface area (Å²) < 4.78 is 0. The average Bonchev–Trinajstić information content (AvgIpc) is 3.27. The van der Waals surface area contributed by atoms with Crippen LogP contribution in [0.15, 0.2) is 77.8 Å². The number of hydrogen-bond donors (Lipinski definition) is 2. The maximum absolute atomic E-state index is 12.8. The number of hydrogen-bond acceptors (Lipinski definition) is 4. The Hall–Kier alpha value is -3.38. The van der Waals surface area contributed by atoms with Crippen molar-refractivity contribution in [1.82, 2.24) is 10.6 Å². The molecule has 30 heavy (non-hydrogen) atoms. The standard InChI is InChI=1S/C24H25N3O2S/c1-18-10-12-19(13-11-18)23(28)26-22(17-21-9-6-16-30-21)24(29)25-14-15-27(2)20-7-4-3-5-8-20/h3-13,16-17H,14-15H2,1-2H3,(H,25,29)(H,26,28)/b22-17-. The fourth-order valence-corrected chi connectivity index (χ4v) is 3.47. The van der Waals surface area contributed by atoms with Gasteiger partial charge in [0.05, 0.1) is 0 Å². The lowest BCUT2D eigenvalue weighted by Gasteiger charge is -2.19. The van der Waals surface area contributed by atoms with Gasteiger partial charge in [0, 0.05) is 36.3 Å². The number of amides is 2. The van der Waals surface area contributed by atoms with Crippen LogP contribution in [0.4, 0.5) is 5.69 Å². The van der Waals surface area contributed by atoms with Crippen LogP contribution in [-0.2, 0) is 4.79 Å². The lowest BCUT2D eigenvalue weighted by molar-refractivity contribution is -0.117. The van der Waals surface area contributed by atoms with Gasteiger partial charge < -0.3 is 15.5 Å². The number of para-hydroxylation sites is 1. The number of thiophene rings is 1. The number of carbonyl (C=O) groups is 2. The van der Waals surface area contributed by atoms with Crippen molar-refractivity contribution >= 4 is 34.9 Å². The molecule has 2 amide bonds. The topological polar surface area (TPSA) is 61.4 Å². The van der Waals surface area contributed by atoms with Gasteiger partial charge in [0.2, 0.25) is 0 Å². The molecule has 0 saturated heterocycles. The van der Waals surface area contributed by atoms with Crippen molar-refractivity contribution in [3.8, 4) is 0 Å². The van der Waals surface area contributed by atoms with Gasteiger partial charge in [0.25, 0.3) is 11.8 Å². The van der Waals surface area contributed by atoms with Crippen molar-refractivity contribution in [2.75, 3.05) is 25.0 Å². The third kappa shape index (κ3) is 6.06. The van der Waals surface area contributed by atoms with E-state index in [0.29, 0.717) is 18.7 Å². The van der Waals surface area contributed by atoms with Gasteiger partial charge in [-0.15, -0.1) is 11.3 Å². The highest BCUT2D eigenvalue weighted by Gasteiger charge is 2.15. The molecule has 0 unspecified atom stereocenters. The van der Waals surface area contributed by atoms with Crippen LogP contribution in [0.3, 0.4) is 0 Å². The maximum Gasteiger partial charge on any atom is 0.267 e. The molecule has 3 aromatic rings. The SMILES string of the molecule is Cc1ccc(C(=O)N/C(=C\c2cccs2)C(=O)NCCN(C)c2ccccc2)cc1. The van der Waals surface area contributed by atoms with Crippen molar-refractivity contribution in [3.05, 3.63) is 93.8 Å². The normalized spacial score (nSPS) is 11.1. The molecule has 0 atom stereocenters. The summed E-state index contributed by atoms with van der Waals surface area (Å²) in [4.78, 5) is 28.4. The summed E-state index contributed by atoms with van der Waals surface area (Å²) in [6.07, 6.45) is 1.70. The molecule has 2 N–H and O–H groups in total. The highest BCUT2D eigenvalue weighted by atomic mass is 32.1. The van der Waals surface area contributed by atoms with Gasteiger partial charge in [-0.1, -0.05) is 42.0 Å². The van der Waals surface area contributed by atoms with Crippen molar-refractivity contribution in [2.24, 2.45) is 0 Å². The van der Waals surface area contributed by atoms with Gasteiger partial charge >= 0.3 is 0 Å². The zero-order chi connectivity index (χ0) is 21.3. The fraction of sp³-hybridized carbons (Fsp3) is 0.167. The number of likely N-dealkylation sites (N-methyl/N-ethyl adjacent to an activating group) is 1. The molecule has 0 fully saturated rings. The first-order valence-corrected chi connectivity index (χ1v) is 10.6. The zero-order valence-electron chi connectivity index (χ0n) is 17.1. The van der Waals surface area contributed by atoms with Crippen molar-refractivity contribution in [1.29, 1.82) is 0 Å². The van der Waals surface area contributed by atoms with E-state index in [1.54, 1.807) is 18.2 Å². The molecule has 0 aliphatic carbocycles. The second kappa shape index (κ2) is 10.4. The summed E-state index contributed by atoms with van der Waals surface area (Å²) in [5.74, 6) is -0.625. The van der Waals surface area contributed by atoms with E-state index in [4.69, 9.17) is 0 Å². The zero-order valence-corrected chi connectivity index (χ0v) is 17.9. The summed E-state index contributed by atoms with van der Waals surface area (Å²) in [5.41, 5.74) is 2.88. The van der Waals surface area contributed by atoms with Crippen molar-refractivity contribution in [2.45, 2.75) is 6.92 Å². The minimum atomic E-state index is -0.315. The van der Waals surface area contributed by atoms with Crippen LogP contribution in [0.5, 0.6) is 0 Å². The average molecular weight is 420 g/mol. The molecule has 1 aromatic heterocycles. The molecule has 0 aliphatic rings. The Balaban J connectivity index is 1.65. The third-order valence-electron chi connectivity index (χ3n) is 4.57. The lowest BCUT2D eigenvalue weighted by atomic mass is 10.1. The van der Waals surface area contributed by atoms with Gasteiger partial charge in [-0.2, -0.15) is 0 Å². The van der Waals surface area contributed by atoms with E-state index in [9.17, 15) is 9.59 Å². The second-order valence-corrected chi connectivity index (χ2v) is 7.89. The van der Waals surface area contributed by atoms with Gasteiger partial charge in [0.1, 0.15) is 5.70 Å². The van der Waals surface area contributed by atoms with E-state index >= 15 is 0 Å². The van der Waals surface area contributed by atoms with Crippen LogP contribution in [0.2, 0.25) is 0 Å². The molecule has 2 aromatic carbocycles. The largest absolute Gasteiger partial charge is 0.373 e. The van der Waals surface area contributed by atoms with Crippen LogP contribution in [0.1, 0.15) is 20.8 Å². The van der Waals surface area contributed by atoms with Gasteiger partial charge in [-0.25, -0.2) is 0 Å². The number of benzene rings is 2. The Kier molecular flexibility index (Phi) is 7.40. The van der Waals surface area contributed by atoms with E-state index in [1.807, 2.05) is 73.9 Å². The van der Waals surface area contributed by atoms with E-state index < -0.39 is 0 Å². The third-order valence-corrected chi connectivity index (χ3v) is 5.39. The Morgan fingerprint density at radius 3 is 2.40 bits per heavy atom. The monoisotopic (exact) mass is 419 g/mol. The van der Waals surface area contributed by atoms with Crippen LogP contribution in [-0.4, -0.2) is 32.0 Å². The highest BCUT2D eigenvalue weighted by Crippen LogP contribution is 2.14. The van der Waals surface area contributed by atoms with E-state index in [-0.39, 0.29) is 17.5 Å². The molecule has 6 heteroatoms. The predicted octanol–water partition coefficient (Wildman–Crippen LogP) is 4.08. The molecule has 0 aliphatic heterocycles. The first kappa shape index (κ1) is 21.3. The lowest BCUT2D eigenvalue weighted by Crippen LogP contribution is -2.38. The summed E-state index contributed by atoms with van der Waals surface area (Å²) >= 11 is 1.50. The predicted molar refractivity (Wildman–Crippen MR) is 124 cm³/mol. The summed E-state index contributed by atoms with van der Waals surface area (Å²) in [7, 11) is 1.98. The molecule has 0 saturated carbocycles. The van der Waals surface area contributed by atoms with Gasteiger partial charge in [-0.05, 0) is 48.7 Å². The molecule has 5 nitrogen and oxygen atoms in total. The molecule has 3 rings (SSSR count). The molecular formula is C24H25N3O2S. The number of nitrogens with one attached hydrogen (secondary N) is 2. The van der Waals surface area contributed by atoms with E-state index in [1.165, 1.54) is 11.3 Å². The van der Waals surface area contributed by atoms with Crippen molar-refractivity contribution in [3.63, 3.8) is 0 Å². The first-order chi connectivity index (χ1) is 14.5. The molecule has 0 bridgehead atoms. The number of anilines is 1. The molecule has 1 heterocycles. The Morgan fingerprint density at radius 1 is 1.00 bits per heavy atom. The van der Waals surface area contributed by atoms with Crippen LogP contribution < -0.4 is 15.5 Å². The Morgan fingerprint density at radius 2 is 1.73 bits per heavy atom. The van der Waals surface area contributed by atoms with Crippen LogP contribution in [0, 0.1) is 6.92 Å². The Labute approximate surface area is 181 Å². The smallest absolute Gasteiger partial charge is 0.267 e.